The van der Waals surface area contributed by atoms with Gasteiger partial charge in [0.05, 0.1) is 17.9 Å². The molecule has 0 radical (unpaired) electrons. The Kier molecular flexibility index (Phi) is 6.01. The maximum atomic E-state index is 12.8. The van der Waals surface area contributed by atoms with Crippen molar-refractivity contribution >= 4 is 23.5 Å². The number of hydrogen-bond donors (Lipinski definition) is 1. The summed E-state index contributed by atoms with van der Waals surface area (Å²) in [5.74, 6) is -0.268. The van der Waals surface area contributed by atoms with E-state index in [1.165, 1.54) is 6.42 Å². The minimum absolute atomic E-state index is 0.269. The van der Waals surface area contributed by atoms with E-state index in [0.29, 0.717) is 17.2 Å². The lowest BCUT2D eigenvalue weighted by atomic mass is 10.1. The Balaban J connectivity index is 1.83. The van der Waals surface area contributed by atoms with Crippen LogP contribution in [0.3, 0.4) is 0 Å². The lowest BCUT2D eigenvalue weighted by molar-refractivity contribution is 0.0527. The van der Waals surface area contributed by atoms with Crippen molar-refractivity contribution in [2.45, 2.75) is 33.1 Å². The minimum Gasteiger partial charge on any atom is -0.462 e. The zero-order chi connectivity index (χ0) is 19.2. The number of benzene rings is 1. The third kappa shape index (κ3) is 4.61. The Labute approximate surface area is 158 Å². The first kappa shape index (κ1) is 18.8. The second-order valence-corrected chi connectivity index (χ2v) is 6.46. The van der Waals surface area contributed by atoms with Gasteiger partial charge in [-0.25, -0.2) is 14.8 Å². The van der Waals surface area contributed by atoms with E-state index in [-0.39, 0.29) is 18.2 Å². The molecule has 7 nitrogen and oxygen atoms in total. The number of nitrogens with one attached hydrogen (secondary N) is 1. The molecule has 142 valence electrons. The summed E-state index contributed by atoms with van der Waals surface area (Å²) in [6.07, 6.45) is 3.41. The average molecular weight is 368 g/mol. The van der Waals surface area contributed by atoms with Crippen LogP contribution in [0.1, 0.15) is 52.7 Å². The Bertz CT molecular complexity index is 832. The molecule has 0 aliphatic carbocycles. The van der Waals surface area contributed by atoms with E-state index in [0.717, 1.165) is 31.6 Å². The molecule has 1 saturated heterocycles. The van der Waals surface area contributed by atoms with Crippen molar-refractivity contribution in [3.63, 3.8) is 0 Å². The fourth-order valence-corrected chi connectivity index (χ4v) is 3.07. The van der Waals surface area contributed by atoms with Crippen LogP contribution < -0.4 is 10.2 Å². The zero-order valence-electron chi connectivity index (χ0n) is 15.7. The number of amides is 1. The highest BCUT2D eigenvalue weighted by atomic mass is 16.5. The van der Waals surface area contributed by atoms with Gasteiger partial charge in [0.25, 0.3) is 5.91 Å². The highest BCUT2D eigenvalue weighted by Crippen LogP contribution is 2.19. The first-order valence-corrected chi connectivity index (χ1v) is 9.26. The third-order valence-corrected chi connectivity index (χ3v) is 4.38. The maximum Gasteiger partial charge on any atom is 0.340 e. The van der Waals surface area contributed by atoms with E-state index in [1.807, 2.05) is 6.92 Å². The Morgan fingerprint density at radius 1 is 1.15 bits per heavy atom. The van der Waals surface area contributed by atoms with Crippen molar-refractivity contribution in [2.75, 3.05) is 29.9 Å². The predicted molar refractivity (Wildman–Crippen MR) is 103 cm³/mol. The van der Waals surface area contributed by atoms with Crippen LogP contribution >= 0.6 is 0 Å². The summed E-state index contributed by atoms with van der Waals surface area (Å²) < 4.78 is 5.05. The molecular weight excluding hydrogens is 344 g/mol. The highest BCUT2D eigenvalue weighted by Gasteiger charge is 2.19. The summed E-state index contributed by atoms with van der Waals surface area (Å²) in [4.78, 5) is 35.9. The Hall–Kier alpha value is -2.96. The summed E-state index contributed by atoms with van der Waals surface area (Å²) >= 11 is 0. The standard InChI is InChI=1S/C20H24N4O3/c1-3-27-19(26)15-9-5-6-10-16(15)22-18(25)17-13-14(2)21-20(23-17)24-11-7-4-8-12-24/h5-6,9-10,13H,3-4,7-8,11-12H2,1-2H3,(H,22,25). The number of aryl methyl sites for hydroxylation is 1. The van der Waals surface area contributed by atoms with Gasteiger partial charge in [-0.3, -0.25) is 4.79 Å². The van der Waals surface area contributed by atoms with Gasteiger partial charge in [-0.15, -0.1) is 0 Å². The molecule has 1 aliphatic rings. The first-order valence-electron chi connectivity index (χ1n) is 9.26. The monoisotopic (exact) mass is 368 g/mol. The van der Waals surface area contributed by atoms with Gasteiger partial charge >= 0.3 is 5.97 Å². The number of carbonyl (C=O) groups excluding carboxylic acids is 2. The normalized spacial score (nSPS) is 13.9. The summed E-state index contributed by atoms with van der Waals surface area (Å²) in [5.41, 5.74) is 1.72. The maximum absolute atomic E-state index is 12.8. The second kappa shape index (κ2) is 8.62. The molecule has 2 heterocycles. The van der Waals surface area contributed by atoms with E-state index in [4.69, 9.17) is 4.74 Å². The van der Waals surface area contributed by atoms with E-state index in [1.54, 1.807) is 37.3 Å². The van der Waals surface area contributed by atoms with Gasteiger partial charge in [-0.2, -0.15) is 0 Å². The van der Waals surface area contributed by atoms with Gasteiger partial charge in [0.1, 0.15) is 5.69 Å². The minimum atomic E-state index is -0.471. The number of piperidine rings is 1. The van der Waals surface area contributed by atoms with E-state index in [2.05, 4.69) is 20.2 Å². The number of anilines is 2. The molecular formula is C20H24N4O3. The van der Waals surface area contributed by atoms with Gasteiger partial charge in [-0.1, -0.05) is 12.1 Å². The summed E-state index contributed by atoms with van der Waals surface area (Å²) in [6, 6.07) is 8.42. The second-order valence-electron chi connectivity index (χ2n) is 6.46. The number of para-hydroxylation sites is 1. The van der Waals surface area contributed by atoms with Crippen molar-refractivity contribution in [1.82, 2.24) is 9.97 Å². The van der Waals surface area contributed by atoms with Crippen LogP contribution in [0.2, 0.25) is 0 Å². The van der Waals surface area contributed by atoms with Crippen molar-refractivity contribution in [3.8, 4) is 0 Å². The van der Waals surface area contributed by atoms with Crippen LogP contribution in [0.4, 0.5) is 11.6 Å². The largest absolute Gasteiger partial charge is 0.462 e. The average Bonchev–Trinajstić information content (AvgIpc) is 2.68. The molecule has 0 saturated carbocycles. The summed E-state index contributed by atoms with van der Waals surface area (Å²) in [6.45, 7) is 5.65. The zero-order valence-corrected chi connectivity index (χ0v) is 15.7. The van der Waals surface area contributed by atoms with Crippen LogP contribution in [0.15, 0.2) is 30.3 Å². The van der Waals surface area contributed by atoms with E-state index >= 15 is 0 Å². The molecule has 0 spiro atoms. The van der Waals surface area contributed by atoms with Crippen LogP contribution in [0.25, 0.3) is 0 Å². The summed E-state index contributed by atoms with van der Waals surface area (Å²) in [5, 5.41) is 2.77. The Morgan fingerprint density at radius 2 is 1.89 bits per heavy atom. The smallest absolute Gasteiger partial charge is 0.340 e. The van der Waals surface area contributed by atoms with Crippen molar-refractivity contribution in [2.24, 2.45) is 0 Å². The van der Waals surface area contributed by atoms with Crippen molar-refractivity contribution in [3.05, 3.63) is 47.3 Å². The number of rotatable bonds is 5. The SMILES string of the molecule is CCOC(=O)c1ccccc1NC(=O)c1cc(C)nc(N2CCCCC2)n1. The first-order chi connectivity index (χ1) is 13.1. The van der Waals surface area contributed by atoms with Crippen molar-refractivity contribution in [1.29, 1.82) is 0 Å². The molecule has 3 rings (SSSR count). The van der Waals surface area contributed by atoms with Crippen molar-refractivity contribution < 1.29 is 14.3 Å². The topological polar surface area (TPSA) is 84.4 Å². The molecule has 7 heteroatoms. The molecule has 0 bridgehead atoms. The van der Waals surface area contributed by atoms with Crippen LogP contribution in [0, 0.1) is 6.92 Å². The number of aromatic nitrogens is 2. The third-order valence-electron chi connectivity index (χ3n) is 4.38. The lowest BCUT2D eigenvalue weighted by Gasteiger charge is -2.27. The van der Waals surface area contributed by atoms with Crippen LogP contribution in [-0.2, 0) is 4.74 Å². The van der Waals surface area contributed by atoms with Gasteiger partial charge in [0.2, 0.25) is 5.95 Å². The quantitative estimate of drug-likeness (QED) is 0.816. The molecule has 1 amide bonds. The highest BCUT2D eigenvalue weighted by molar-refractivity contribution is 6.07. The molecule has 0 unspecified atom stereocenters. The fraction of sp³-hybridized carbons (Fsp3) is 0.400. The molecule has 1 aromatic heterocycles. The number of nitrogens with zero attached hydrogens (tertiary/aromatic N) is 3. The molecule has 27 heavy (non-hydrogen) atoms. The van der Waals surface area contributed by atoms with Crippen LogP contribution in [-0.4, -0.2) is 41.5 Å². The van der Waals surface area contributed by atoms with Gasteiger partial charge < -0.3 is 15.0 Å². The molecule has 1 N–H and O–H groups in total. The van der Waals surface area contributed by atoms with Gasteiger partial charge in [-0.05, 0) is 51.3 Å². The van der Waals surface area contributed by atoms with E-state index in [9.17, 15) is 9.59 Å². The molecule has 1 aromatic carbocycles. The number of carbonyl (C=O) groups is 2. The fourth-order valence-electron chi connectivity index (χ4n) is 3.07. The number of ether oxygens (including phenoxy) is 1. The molecule has 1 fully saturated rings. The summed E-state index contributed by atoms with van der Waals surface area (Å²) in [7, 11) is 0. The predicted octanol–water partition coefficient (Wildman–Crippen LogP) is 3.20. The lowest BCUT2D eigenvalue weighted by Crippen LogP contribution is -2.32. The van der Waals surface area contributed by atoms with Gasteiger partial charge in [0.15, 0.2) is 0 Å². The number of esters is 1. The molecule has 0 atom stereocenters. The van der Waals surface area contributed by atoms with E-state index < -0.39 is 5.97 Å². The number of hydrogen-bond acceptors (Lipinski definition) is 6. The Morgan fingerprint density at radius 3 is 2.63 bits per heavy atom. The molecule has 2 aromatic rings. The molecule has 1 aliphatic heterocycles. The van der Waals surface area contributed by atoms with Gasteiger partial charge in [0, 0.05) is 18.8 Å². The van der Waals surface area contributed by atoms with Crippen LogP contribution in [0.5, 0.6) is 0 Å².